The first kappa shape index (κ1) is 22.9. The summed E-state index contributed by atoms with van der Waals surface area (Å²) in [4.78, 5) is 30.5. The van der Waals surface area contributed by atoms with Crippen molar-refractivity contribution in [3.63, 3.8) is 0 Å². The van der Waals surface area contributed by atoms with Crippen molar-refractivity contribution < 1.29 is 18.0 Å². The molecule has 8 nitrogen and oxygen atoms in total. The van der Waals surface area contributed by atoms with Crippen molar-refractivity contribution >= 4 is 21.8 Å². The Kier molecular flexibility index (Phi) is 7.40. The number of nitrogens with zero attached hydrogens (tertiary/aromatic N) is 3. The van der Waals surface area contributed by atoms with Gasteiger partial charge in [0.05, 0.1) is 10.9 Å². The molecule has 1 aromatic heterocycles. The first-order chi connectivity index (χ1) is 14.8. The molecule has 0 bridgehead atoms. The third-order valence-electron chi connectivity index (χ3n) is 5.40. The summed E-state index contributed by atoms with van der Waals surface area (Å²) >= 11 is 0. The van der Waals surface area contributed by atoms with Crippen LogP contribution >= 0.6 is 0 Å². The molecule has 1 aliphatic rings. The Morgan fingerprint density at radius 2 is 1.61 bits per heavy atom. The Morgan fingerprint density at radius 1 is 1.00 bits per heavy atom. The molecule has 2 heterocycles. The van der Waals surface area contributed by atoms with Crippen LogP contribution in [0.4, 0.5) is 0 Å². The number of nitrogens with one attached hydrogen (secondary N) is 1. The number of rotatable bonds is 7. The maximum Gasteiger partial charge on any atom is 0.243 e. The van der Waals surface area contributed by atoms with Gasteiger partial charge in [-0.25, -0.2) is 8.42 Å². The molecule has 1 aromatic carbocycles. The van der Waals surface area contributed by atoms with Crippen molar-refractivity contribution in [2.45, 2.75) is 37.6 Å². The van der Waals surface area contributed by atoms with Gasteiger partial charge in [-0.1, -0.05) is 17.7 Å². The quantitative estimate of drug-likeness (QED) is 0.703. The number of aryl methyl sites for hydroxylation is 1. The molecule has 0 unspecified atom stereocenters. The van der Waals surface area contributed by atoms with Gasteiger partial charge in [0.25, 0.3) is 0 Å². The number of pyridine rings is 1. The molecule has 3 rings (SSSR count). The summed E-state index contributed by atoms with van der Waals surface area (Å²) in [6, 6.07) is 10.3. The predicted octanol–water partition coefficient (Wildman–Crippen LogP) is 1.88. The summed E-state index contributed by atoms with van der Waals surface area (Å²) in [6.45, 7) is 4.90. The second-order valence-electron chi connectivity index (χ2n) is 7.67. The van der Waals surface area contributed by atoms with E-state index in [-0.39, 0.29) is 48.7 Å². The number of amides is 2. The number of hydrogen-bond acceptors (Lipinski definition) is 5. The van der Waals surface area contributed by atoms with Gasteiger partial charge in [0.1, 0.15) is 0 Å². The Hall–Kier alpha value is -2.78. The van der Waals surface area contributed by atoms with Crippen LogP contribution in [0.3, 0.4) is 0 Å². The summed E-state index contributed by atoms with van der Waals surface area (Å²) in [5, 5.41) is 2.88. The lowest BCUT2D eigenvalue weighted by Crippen LogP contribution is -2.50. The van der Waals surface area contributed by atoms with Crippen LogP contribution in [0.15, 0.2) is 53.7 Å². The van der Waals surface area contributed by atoms with E-state index in [1.165, 1.54) is 4.31 Å². The van der Waals surface area contributed by atoms with Crippen LogP contribution in [-0.2, 0) is 19.6 Å². The number of benzene rings is 1. The zero-order valence-electron chi connectivity index (χ0n) is 17.8. The third kappa shape index (κ3) is 5.89. The summed E-state index contributed by atoms with van der Waals surface area (Å²) in [5.41, 5.74) is 1.94. The summed E-state index contributed by atoms with van der Waals surface area (Å²) in [7, 11) is -3.57. The summed E-state index contributed by atoms with van der Waals surface area (Å²) in [6.07, 6.45) is 3.52. The average Bonchev–Trinajstić information content (AvgIpc) is 2.78. The fourth-order valence-corrected chi connectivity index (χ4v) is 4.89. The van der Waals surface area contributed by atoms with Gasteiger partial charge in [0.15, 0.2) is 0 Å². The van der Waals surface area contributed by atoms with E-state index < -0.39 is 10.0 Å². The minimum Gasteiger partial charge on any atom is -0.350 e. The highest BCUT2D eigenvalue weighted by molar-refractivity contribution is 7.89. The maximum atomic E-state index is 12.8. The molecule has 1 fully saturated rings. The Labute approximate surface area is 183 Å². The smallest absolute Gasteiger partial charge is 0.243 e. The zero-order chi connectivity index (χ0) is 22.4. The van der Waals surface area contributed by atoms with Gasteiger partial charge in [0, 0.05) is 51.4 Å². The van der Waals surface area contributed by atoms with E-state index in [4.69, 9.17) is 0 Å². The van der Waals surface area contributed by atoms with Gasteiger partial charge in [-0.3, -0.25) is 14.6 Å². The van der Waals surface area contributed by atoms with Crippen LogP contribution in [-0.4, -0.2) is 60.6 Å². The minimum absolute atomic E-state index is 0.0934. The van der Waals surface area contributed by atoms with Crippen LogP contribution in [0.1, 0.15) is 36.9 Å². The molecular weight excluding hydrogens is 416 g/mol. The molecule has 31 heavy (non-hydrogen) atoms. The van der Waals surface area contributed by atoms with Gasteiger partial charge in [-0.05, 0) is 43.7 Å². The molecule has 9 heteroatoms. The van der Waals surface area contributed by atoms with E-state index in [0.29, 0.717) is 13.1 Å². The van der Waals surface area contributed by atoms with Crippen molar-refractivity contribution in [1.29, 1.82) is 0 Å². The molecule has 0 spiro atoms. The van der Waals surface area contributed by atoms with E-state index in [1.54, 1.807) is 41.6 Å². The lowest BCUT2D eigenvalue weighted by atomic mass is 10.1. The second-order valence-corrected chi connectivity index (χ2v) is 9.61. The van der Waals surface area contributed by atoms with E-state index >= 15 is 0 Å². The minimum atomic E-state index is -3.57. The molecule has 1 N–H and O–H groups in total. The van der Waals surface area contributed by atoms with Crippen molar-refractivity contribution in [3.8, 4) is 0 Å². The SMILES string of the molecule is Cc1ccc(S(=O)(=O)N2CCN(C(=O)CCC(=O)N[C@H](C)c3ccncc3)CC2)cc1. The molecule has 2 aromatic rings. The normalized spacial score (nSPS) is 16.0. The lowest BCUT2D eigenvalue weighted by molar-refractivity contribution is -0.134. The Morgan fingerprint density at radius 3 is 2.23 bits per heavy atom. The van der Waals surface area contributed by atoms with Crippen molar-refractivity contribution in [2.24, 2.45) is 0 Å². The van der Waals surface area contributed by atoms with E-state index in [2.05, 4.69) is 10.3 Å². The fourth-order valence-electron chi connectivity index (χ4n) is 3.46. The van der Waals surface area contributed by atoms with Crippen molar-refractivity contribution in [3.05, 3.63) is 59.9 Å². The molecular formula is C22H28N4O4S. The highest BCUT2D eigenvalue weighted by Gasteiger charge is 2.30. The van der Waals surface area contributed by atoms with E-state index in [9.17, 15) is 18.0 Å². The largest absolute Gasteiger partial charge is 0.350 e. The maximum absolute atomic E-state index is 12.8. The van der Waals surface area contributed by atoms with Gasteiger partial charge in [0.2, 0.25) is 21.8 Å². The number of carbonyl (C=O) groups is 2. The molecule has 0 radical (unpaired) electrons. The number of aromatic nitrogens is 1. The number of carbonyl (C=O) groups excluding carboxylic acids is 2. The van der Waals surface area contributed by atoms with Gasteiger partial charge in [-0.2, -0.15) is 4.31 Å². The van der Waals surface area contributed by atoms with Crippen LogP contribution < -0.4 is 5.32 Å². The van der Waals surface area contributed by atoms with Crippen LogP contribution in [0.2, 0.25) is 0 Å². The summed E-state index contributed by atoms with van der Waals surface area (Å²) < 4.78 is 27.0. The standard InChI is InChI=1S/C22H28N4O4S/c1-17-3-5-20(6-4-17)31(29,30)26-15-13-25(14-16-26)22(28)8-7-21(27)24-18(2)19-9-11-23-12-10-19/h3-6,9-12,18H,7-8,13-16H2,1-2H3,(H,24,27)/t18-/m1/s1. The van der Waals surface area contributed by atoms with Crippen LogP contribution in [0.25, 0.3) is 0 Å². The molecule has 0 aliphatic carbocycles. The van der Waals surface area contributed by atoms with Gasteiger partial charge >= 0.3 is 0 Å². The lowest BCUT2D eigenvalue weighted by Gasteiger charge is -2.34. The first-order valence-electron chi connectivity index (χ1n) is 10.3. The van der Waals surface area contributed by atoms with Crippen LogP contribution in [0.5, 0.6) is 0 Å². The molecule has 1 aliphatic heterocycles. The molecule has 0 saturated carbocycles. The Bertz CT molecular complexity index is 1000. The zero-order valence-corrected chi connectivity index (χ0v) is 18.6. The Balaban J connectivity index is 1.45. The number of sulfonamides is 1. The average molecular weight is 445 g/mol. The predicted molar refractivity (Wildman–Crippen MR) is 117 cm³/mol. The second kappa shape index (κ2) is 10.0. The fraction of sp³-hybridized carbons (Fsp3) is 0.409. The number of piperazine rings is 1. The van der Waals surface area contributed by atoms with Gasteiger partial charge < -0.3 is 10.2 Å². The van der Waals surface area contributed by atoms with Crippen LogP contribution in [0, 0.1) is 6.92 Å². The van der Waals surface area contributed by atoms with E-state index in [1.807, 2.05) is 26.0 Å². The van der Waals surface area contributed by atoms with Gasteiger partial charge in [-0.15, -0.1) is 0 Å². The number of hydrogen-bond donors (Lipinski definition) is 1. The van der Waals surface area contributed by atoms with Crippen molar-refractivity contribution in [2.75, 3.05) is 26.2 Å². The monoisotopic (exact) mass is 444 g/mol. The third-order valence-corrected chi connectivity index (χ3v) is 7.31. The molecule has 166 valence electrons. The first-order valence-corrected chi connectivity index (χ1v) is 11.8. The molecule has 1 atom stereocenters. The topological polar surface area (TPSA) is 99.7 Å². The molecule has 1 saturated heterocycles. The van der Waals surface area contributed by atoms with E-state index in [0.717, 1.165) is 11.1 Å². The highest BCUT2D eigenvalue weighted by atomic mass is 32.2. The molecule has 2 amide bonds. The summed E-state index contributed by atoms with van der Waals surface area (Å²) in [5.74, 6) is -0.336. The highest BCUT2D eigenvalue weighted by Crippen LogP contribution is 2.18. The van der Waals surface area contributed by atoms with Crippen molar-refractivity contribution in [1.82, 2.24) is 19.5 Å².